The average molecular weight is 299 g/mol. The van der Waals surface area contributed by atoms with E-state index >= 15 is 0 Å². The van der Waals surface area contributed by atoms with Crippen molar-refractivity contribution in [2.45, 2.75) is 72.4 Å². The molecule has 6 heteroatoms. The maximum absolute atomic E-state index is 6.48. The third kappa shape index (κ3) is 8.34. The summed E-state index contributed by atoms with van der Waals surface area (Å²) in [5, 5.41) is 0. The summed E-state index contributed by atoms with van der Waals surface area (Å²) in [6.07, 6.45) is 1.94. The van der Waals surface area contributed by atoms with E-state index in [1.165, 1.54) is 0 Å². The molecule has 0 saturated heterocycles. The van der Waals surface area contributed by atoms with Gasteiger partial charge in [-0.1, -0.05) is 24.9 Å². The Hall–Kier alpha value is 0.604. The Labute approximate surface area is 113 Å². The van der Waals surface area contributed by atoms with Crippen LogP contribution in [-0.4, -0.2) is 28.6 Å². The van der Waals surface area contributed by atoms with Crippen LogP contribution in [0.5, 0.6) is 0 Å². The zero-order valence-corrected chi connectivity index (χ0v) is 14.9. The van der Waals surface area contributed by atoms with E-state index in [4.69, 9.17) is 24.0 Å². The third-order valence-corrected chi connectivity index (χ3v) is 8.28. The van der Waals surface area contributed by atoms with E-state index < -0.39 is 16.4 Å². The highest BCUT2D eigenvalue weighted by molar-refractivity contribution is 7.12. The van der Waals surface area contributed by atoms with Gasteiger partial charge >= 0.3 is 8.11 Å². The highest BCUT2D eigenvalue weighted by atomic mass is 35.6. The van der Waals surface area contributed by atoms with Crippen molar-refractivity contribution < 1.29 is 13.0 Å². The topological polar surface area (TPSA) is 27.7 Å². The molecule has 0 aromatic rings. The van der Waals surface area contributed by atoms with E-state index in [1.54, 1.807) is 0 Å². The molecule has 0 aliphatic carbocycles. The van der Waals surface area contributed by atoms with Crippen LogP contribution in [0.3, 0.4) is 0 Å². The van der Waals surface area contributed by atoms with E-state index in [1.807, 2.05) is 13.8 Å². The summed E-state index contributed by atoms with van der Waals surface area (Å²) in [7, 11) is -4.79. The number of rotatable bonds is 8. The lowest BCUT2D eigenvalue weighted by atomic mass is 10.3. The van der Waals surface area contributed by atoms with E-state index in [0.29, 0.717) is 0 Å². The van der Waals surface area contributed by atoms with Crippen LogP contribution >= 0.6 is 11.1 Å². The maximum Gasteiger partial charge on any atom is 0.603 e. The van der Waals surface area contributed by atoms with Crippen LogP contribution in [0.4, 0.5) is 0 Å². The lowest BCUT2D eigenvalue weighted by Gasteiger charge is -2.33. The molecular formula is C11H27ClO3Si2. The molecule has 2 unspecified atom stereocenters. The molecular weight excluding hydrogens is 272 g/mol. The monoisotopic (exact) mass is 298 g/mol. The van der Waals surface area contributed by atoms with Gasteiger partial charge in [-0.2, -0.15) is 0 Å². The first-order valence-corrected chi connectivity index (χ1v) is 12.5. The summed E-state index contributed by atoms with van der Waals surface area (Å²) >= 11 is 6.48. The first-order chi connectivity index (χ1) is 7.62. The van der Waals surface area contributed by atoms with Crippen LogP contribution < -0.4 is 0 Å². The van der Waals surface area contributed by atoms with Gasteiger partial charge in [0, 0.05) is 12.2 Å². The van der Waals surface area contributed by atoms with Crippen molar-refractivity contribution in [1.82, 2.24) is 0 Å². The van der Waals surface area contributed by atoms with Crippen LogP contribution in [0.1, 0.15) is 40.5 Å². The Balaban J connectivity index is 4.67. The van der Waals surface area contributed by atoms with Gasteiger partial charge in [-0.25, -0.2) is 0 Å². The second kappa shape index (κ2) is 7.26. The van der Waals surface area contributed by atoms with E-state index in [0.717, 1.165) is 12.8 Å². The van der Waals surface area contributed by atoms with E-state index in [2.05, 4.69) is 33.5 Å². The summed E-state index contributed by atoms with van der Waals surface area (Å²) < 4.78 is 17.6. The first-order valence-electron chi connectivity index (χ1n) is 6.36. The van der Waals surface area contributed by atoms with Gasteiger partial charge in [0.2, 0.25) is 0 Å². The maximum atomic E-state index is 6.48. The van der Waals surface area contributed by atoms with Crippen LogP contribution in [0.25, 0.3) is 0 Å². The van der Waals surface area contributed by atoms with Crippen molar-refractivity contribution in [1.29, 1.82) is 0 Å². The normalized spacial score (nSPS) is 19.8. The van der Waals surface area contributed by atoms with E-state index in [9.17, 15) is 0 Å². The van der Waals surface area contributed by atoms with Crippen LogP contribution in [0, 0.1) is 0 Å². The zero-order valence-electron chi connectivity index (χ0n) is 12.2. The van der Waals surface area contributed by atoms with Crippen LogP contribution in [0.15, 0.2) is 0 Å². The van der Waals surface area contributed by atoms with Crippen molar-refractivity contribution in [3.63, 3.8) is 0 Å². The molecule has 0 spiro atoms. The van der Waals surface area contributed by atoms with Crippen molar-refractivity contribution in [3.8, 4) is 0 Å². The van der Waals surface area contributed by atoms with Crippen LogP contribution in [-0.2, 0) is 13.0 Å². The molecule has 0 aromatic carbocycles. The lowest BCUT2D eigenvalue weighted by Crippen LogP contribution is -2.51. The molecule has 2 atom stereocenters. The number of halogens is 1. The summed E-state index contributed by atoms with van der Waals surface area (Å²) in [5.74, 6) is 0. The molecule has 0 rings (SSSR count). The lowest BCUT2D eigenvalue weighted by molar-refractivity contribution is 0.0576. The molecule has 0 amide bonds. The van der Waals surface area contributed by atoms with Gasteiger partial charge in [-0.3, -0.25) is 0 Å². The molecule has 0 radical (unpaired) electrons. The largest absolute Gasteiger partial charge is 0.603 e. The van der Waals surface area contributed by atoms with Crippen molar-refractivity contribution in [3.05, 3.63) is 0 Å². The molecule has 0 heterocycles. The minimum absolute atomic E-state index is 0.0690. The van der Waals surface area contributed by atoms with Gasteiger partial charge in [0.25, 0.3) is 0 Å². The second-order valence-electron chi connectivity index (χ2n) is 5.37. The molecule has 0 bridgehead atoms. The molecule has 0 fully saturated rings. The smallest absolute Gasteiger partial charge is 0.404 e. The molecule has 0 aliphatic heterocycles. The highest BCUT2D eigenvalue weighted by Crippen LogP contribution is 2.25. The molecule has 0 N–H and O–H groups in total. The Morgan fingerprint density at radius 3 is 1.53 bits per heavy atom. The standard InChI is InChI=1S/C11H27ClO3Si2/c1-8-10(3)13-17(12,14-11(4)9-2)15-16(5,6)7/h10-11H,8-9H2,1-7H3. The van der Waals surface area contributed by atoms with Gasteiger partial charge in [0.1, 0.15) is 0 Å². The predicted octanol–water partition coefficient (Wildman–Crippen LogP) is 4.14. The third-order valence-electron chi connectivity index (χ3n) is 2.26. The zero-order chi connectivity index (χ0) is 13.7. The predicted molar refractivity (Wildman–Crippen MR) is 77.7 cm³/mol. The number of hydrogen-bond donors (Lipinski definition) is 0. The molecule has 0 aliphatic rings. The fraction of sp³-hybridized carbons (Fsp3) is 1.00. The fourth-order valence-corrected chi connectivity index (χ4v) is 8.75. The van der Waals surface area contributed by atoms with Crippen molar-refractivity contribution in [2.75, 3.05) is 0 Å². The van der Waals surface area contributed by atoms with Gasteiger partial charge in [0.15, 0.2) is 8.32 Å². The summed E-state index contributed by atoms with van der Waals surface area (Å²) in [5.41, 5.74) is 0. The fourth-order valence-electron chi connectivity index (χ4n) is 1.09. The Bertz CT molecular complexity index is 209. The molecule has 104 valence electrons. The van der Waals surface area contributed by atoms with Crippen molar-refractivity contribution in [2.24, 2.45) is 0 Å². The summed E-state index contributed by atoms with van der Waals surface area (Å²) in [4.78, 5) is 0. The summed E-state index contributed by atoms with van der Waals surface area (Å²) in [6, 6.07) is 0. The van der Waals surface area contributed by atoms with E-state index in [-0.39, 0.29) is 12.2 Å². The molecule has 0 saturated carbocycles. The Morgan fingerprint density at radius 1 is 0.941 bits per heavy atom. The molecule has 3 nitrogen and oxygen atoms in total. The minimum Gasteiger partial charge on any atom is -0.404 e. The van der Waals surface area contributed by atoms with Gasteiger partial charge < -0.3 is 13.0 Å². The number of hydrogen-bond acceptors (Lipinski definition) is 3. The Morgan fingerprint density at radius 2 is 1.29 bits per heavy atom. The van der Waals surface area contributed by atoms with Gasteiger partial charge in [0.05, 0.1) is 0 Å². The molecule has 0 aromatic heterocycles. The second-order valence-corrected chi connectivity index (χ2v) is 13.2. The summed E-state index contributed by atoms with van der Waals surface area (Å²) in [6.45, 7) is 14.4. The average Bonchev–Trinajstić information content (AvgIpc) is 2.13. The quantitative estimate of drug-likeness (QED) is 0.498. The molecule has 17 heavy (non-hydrogen) atoms. The minimum atomic E-state index is -3.02. The first kappa shape index (κ1) is 17.6. The Kier molecular flexibility index (Phi) is 7.51. The van der Waals surface area contributed by atoms with Gasteiger partial charge in [-0.05, 0) is 46.3 Å². The van der Waals surface area contributed by atoms with Gasteiger partial charge in [-0.15, -0.1) is 0 Å². The van der Waals surface area contributed by atoms with Crippen LogP contribution in [0.2, 0.25) is 19.6 Å². The SMILES string of the molecule is CCC(C)O[Si](Cl)(OC(C)CC)O[Si](C)(C)C. The highest BCUT2D eigenvalue weighted by Gasteiger charge is 2.46. The van der Waals surface area contributed by atoms with Crippen molar-refractivity contribution >= 4 is 27.5 Å².